The van der Waals surface area contributed by atoms with Crippen LogP contribution >= 0.6 is 0 Å². The van der Waals surface area contributed by atoms with Crippen molar-refractivity contribution in [3.8, 4) is 5.75 Å². The summed E-state index contributed by atoms with van der Waals surface area (Å²) in [5.74, 6) is 0.0257. The van der Waals surface area contributed by atoms with Gasteiger partial charge in [-0.15, -0.1) is 0 Å². The van der Waals surface area contributed by atoms with E-state index in [1.165, 1.54) is 0 Å². The van der Waals surface area contributed by atoms with Crippen molar-refractivity contribution >= 4 is 22.5 Å². The summed E-state index contributed by atoms with van der Waals surface area (Å²) in [4.78, 5) is 15.2. The van der Waals surface area contributed by atoms with Gasteiger partial charge < -0.3 is 10.1 Å². The summed E-state index contributed by atoms with van der Waals surface area (Å²) >= 11 is 0. The summed E-state index contributed by atoms with van der Waals surface area (Å²) in [5.41, 5.74) is 6.05. The lowest BCUT2D eigenvalue weighted by molar-refractivity contribution is -0.120. The smallest absolute Gasteiger partial charge is 0.244 e. The van der Waals surface area contributed by atoms with E-state index in [0.29, 0.717) is 5.71 Å². The molecule has 0 bridgehead atoms. The molecule has 3 rings (SSSR count). The van der Waals surface area contributed by atoms with Crippen molar-refractivity contribution in [2.24, 2.45) is 5.10 Å². The second kappa shape index (κ2) is 6.36. The van der Waals surface area contributed by atoms with Crippen LogP contribution in [-0.2, 0) is 11.2 Å². The average Bonchev–Trinajstić information content (AvgIpc) is 2.96. The molecule has 5 nitrogen and oxygen atoms in total. The Hall–Kier alpha value is -3.08. The Labute approximate surface area is 133 Å². The zero-order chi connectivity index (χ0) is 16.2. The Morgan fingerprint density at radius 1 is 1.17 bits per heavy atom. The Balaban J connectivity index is 1.67. The second-order valence-corrected chi connectivity index (χ2v) is 5.32. The van der Waals surface area contributed by atoms with Crippen molar-refractivity contribution in [2.45, 2.75) is 13.3 Å². The first-order chi connectivity index (χ1) is 11.1. The highest BCUT2D eigenvalue weighted by Crippen LogP contribution is 2.18. The minimum Gasteiger partial charge on any atom is -0.508 e. The summed E-state index contributed by atoms with van der Waals surface area (Å²) in [5, 5.41) is 14.4. The van der Waals surface area contributed by atoms with Crippen molar-refractivity contribution in [3.63, 3.8) is 0 Å². The standard InChI is InChI=1S/C18H17N3O2/c1-12(13-6-8-15(22)9-7-13)20-21-18(23)10-14-11-19-17-5-3-2-4-16(14)17/h2-9,11,19,22H,10H2,1H3,(H,21,23)/b20-12+. The third kappa shape index (κ3) is 3.40. The number of aromatic nitrogens is 1. The van der Waals surface area contributed by atoms with Crippen molar-refractivity contribution in [1.29, 1.82) is 0 Å². The van der Waals surface area contributed by atoms with E-state index in [1.807, 2.05) is 30.5 Å². The van der Waals surface area contributed by atoms with E-state index in [-0.39, 0.29) is 18.1 Å². The number of aromatic hydroxyl groups is 1. The fourth-order valence-electron chi connectivity index (χ4n) is 2.40. The number of carbonyl (C=O) groups excluding carboxylic acids is 1. The fourth-order valence-corrected chi connectivity index (χ4v) is 2.40. The Morgan fingerprint density at radius 2 is 1.91 bits per heavy atom. The SMILES string of the molecule is C/C(=N\NC(=O)Cc1c[nH]c2ccccc12)c1ccc(O)cc1. The van der Waals surface area contributed by atoms with Gasteiger partial charge >= 0.3 is 0 Å². The van der Waals surface area contributed by atoms with Gasteiger partial charge in [0, 0.05) is 17.1 Å². The summed E-state index contributed by atoms with van der Waals surface area (Å²) in [6.07, 6.45) is 2.11. The van der Waals surface area contributed by atoms with Crippen LogP contribution < -0.4 is 5.43 Å². The Morgan fingerprint density at radius 3 is 2.70 bits per heavy atom. The minimum atomic E-state index is -0.173. The van der Waals surface area contributed by atoms with E-state index in [1.54, 1.807) is 31.2 Å². The van der Waals surface area contributed by atoms with Gasteiger partial charge in [-0.25, -0.2) is 5.43 Å². The van der Waals surface area contributed by atoms with Crippen LogP contribution in [0.3, 0.4) is 0 Å². The van der Waals surface area contributed by atoms with E-state index in [0.717, 1.165) is 22.0 Å². The summed E-state index contributed by atoms with van der Waals surface area (Å²) < 4.78 is 0. The number of hydrazone groups is 1. The molecular formula is C18H17N3O2. The number of rotatable bonds is 4. The van der Waals surface area contributed by atoms with Gasteiger partial charge in [-0.1, -0.05) is 18.2 Å². The number of fused-ring (bicyclic) bond motifs is 1. The highest BCUT2D eigenvalue weighted by Gasteiger charge is 2.08. The first-order valence-corrected chi connectivity index (χ1v) is 7.31. The number of aromatic amines is 1. The van der Waals surface area contributed by atoms with Crippen LogP contribution in [-0.4, -0.2) is 21.7 Å². The van der Waals surface area contributed by atoms with Gasteiger partial charge in [0.1, 0.15) is 5.75 Å². The number of amides is 1. The van der Waals surface area contributed by atoms with Gasteiger partial charge in [0.15, 0.2) is 0 Å². The molecule has 0 saturated carbocycles. The van der Waals surface area contributed by atoms with Gasteiger partial charge in [0.05, 0.1) is 12.1 Å². The van der Waals surface area contributed by atoms with Crippen molar-refractivity contribution in [1.82, 2.24) is 10.4 Å². The molecule has 3 N–H and O–H groups in total. The molecule has 1 aromatic heterocycles. The number of nitrogens with one attached hydrogen (secondary N) is 2. The highest BCUT2D eigenvalue weighted by molar-refractivity contribution is 5.99. The van der Waals surface area contributed by atoms with Crippen molar-refractivity contribution in [3.05, 3.63) is 65.9 Å². The number of phenolic OH excluding ortho intramolecular Hbond substituents is 1. The number of para-hydroxylation sites is 1. The molecule has 0 radical (unpaired) electrons. The van der Waals surface area contributed by atoms with Crippen molar-refractivity contribution < 1.29 is 9.90 Å². The minimum absolute atomic E-state index is 0.173. The van der Waals surface area contributed by atoms with E-state index >= 15 is 0 Å². The number of hydrogen-bond acceptors (Lipinski definition) is 3. The molecule has 0 atom stereocenters. The molecule has 5 heteroatoms. The van der Waals surface area contributed by atoms with Crippen LogP contribution in [0, 0.1) is 0 Å². The van der Waals surface area contributed by atoms with Crippen LogP contribution in [0.4, 0.5) is 0 Å². The molecule has 0 unspecified atom stereocenters. The lowest BCUT2D eigenvalue weighted by atomic mass is 10.1. The lowest BCUT2D eigenvalue weighted by Gasteiger charge is -2.03. The van der Waals surface area contributed by atoms with Gasteiger partial charge in [-0.2, -0.15) is 5.10 Å². The van der Waals surface area contributed by atoms with Gasteiger partial charge in [0.2, 0.25) is 5.91 Å². The van der Waals surface area contributed by atoms with Gasteiger partial charge in [-0.05, 0) is 48.4 Å². The molecule has 1 heterocycles. The Bertz CT molecular complexity index is 863. The zero-order valence-corrected chi connectivity index (χ0v) is 12.7. The van der Waals surface area contributed by atoms with E-state index < -0.39 is 0 Å². The molecule has 116 valence electrons. The molecule has 3 aromatic rings. The second-order valence-electron chi connectivity index (χ2n) is 5.32. The molecule has 0 spiro atoms. The molecule has 23 heavy (non-hydrogen) atoms. The normalized spacial score (nSPS) is 11.6. The monoisotopic (exact) mass is 307 g/mol. The molecule has 0 aliphatic rings. The fraction of sp³-hybridized carbons (Fsp3) is 0.111. The molecule has 0 saturated heterocycles. The van der Waals surface area contributed by atoms with Crippen LogP contribution in [0.5, 0.6) is 5.75 Å². The predicted molar refractivity (Wildman–Crippen MR) is 90.5 cm³/mol. The topological polar surface area (TPSA) is 77.5 Å². The van der Waals surface area contributed by atoms with Crippen LogP contribution in [0.25, 0.3) is 10.9 Å². The molecular weight excluding hydrogens is 290 g/mol. The number of phenols is 1. The number of benzene rings is 2. The summed E-state index contributed by atoms with van der Waals surface area (Å²) in [7, 11) is 0. The molecule has 0 aliphatic heterocycles. The van der Waals surface area contributed by atoms with E-state index in [9.17, 15) is 9.90 Å². The van der Waals surface area contributed by atoms with Crippen molar-refractivity contribution in [2.75, 3.05) is 0 Å². The highest BCUT2D eigenvalue weighted by atomic mass is 16.3. The first kappa shape index (κ1) is 14.8. The van der Waals surface area contributed by atoms with E-state index in [4.69, 9.17) is 0 Å². The van der Waals surface area contributed by atoms with Crippen LogP contribution in [0.15, 0.2) is 59.8 Å². The molecule has 0 fully saturated rings. The number of H-pyrrole nitrogens is 1. The molecule has 1 amide bonds. The first-order valence-electron chi connectivity index (χ1n) is 7.31. The maximum atomic E-state index is 12.1. The predicted octanol–water partition coefficient (Wildman–Crippen LogP) is 2.96. The largest absolute Gasteiger partial charge is 0.508 e. The van der Waals surface area contributed by atoms with Crippen LogP contribution in [0.2, 0.25) is 0 Å². The summed E-state index contributed by atoms with van der Waals surface area (Å²) in [6, 6.07) is 14.5. The molecule has 2 aromatic carbocycles. The van der Waals surface area contributed by atoms with Crippen LogP contribution in [0.1, 0.15) is 18.1 Å². The third-order valence-corrected chi connectivity index (χ3v) is 3.66. The quantitative estimate of drug-likeness (QED) is 0.512. The third-order valence-electron chi connectivity index (χ3n) is 3.66. The summed E-state index contributed by atoms with van der Waals surface area (Å²) in [6.45, 7) is 1.80. The average molecular weight is 307 g/mol. The molecule has 0 aliphatic carbocycles. The number of carbonyl (C=O) groups is 1. The lowest BCUT2D eigenvalue weighted by Crippen LogP contribution is -2.21. The number of nitrogens with zero attached hydrogens (tertiary/aromatic N) is 1. The maximum absolute atomic E-state index is 12.1. The van der Waals surface area contributed by atoms with Gasteiger partial charge in [-0.3, -0.25) is 4.79 Å². The number of hydrogen-bond donors (Lipinski definition) is 3. The van der Waals surface area contributed by atoms with Gasteiger partial charge in [0.25, 0.3) is 0 Å². The zero-order valence-electron chi connectivity index (χ0n) is 12.7. The Kier molecular flexibility index (Phi) is 4.10. The maximum Gasteiger partial charge on any atom is 0.244 e. The van der Waals surface area contributed by atoms with E-state index in [2.05, 4.69) is 15.5 Å².